The first-order chi connectivity index (χ1) is 15.1. The van der Waals surface area contributed by atoms with Gasteiger partial charge in [-0.3, -0.25) is 4.68 Å². The number of hydrogen-bond acceptors (Lipinski definition) is 3. The van der Waals surface area contributed by atoms with E-state index in [2.05, 4.69) is 70.8 Å². The molecule has 0 spiro atoms. The molecular formula is C24H33N7. The van der Waals surface area contributed by atoms with E-state index >= 15 is 0 Å². The molecule has 7 heteroatoms. The van der Waals surface area contributed by atoms with Crippen LogP contribution in [0.2, 0.25) is 0 Å². The number of aromatic nitrogens is 4. The predicted molar refractivity (Wildman–Crippen MR) is 124 cm³/mol. The smallest absolute Gasteiger partial charge is 0.191 e. The number of guanidine groups is 1. The molecule has 1 fully saturated rings. The molecule has 7 nitrogen and oxygen atoms in total. The molecule has 0 saturated heterocycles. The van der Waals surface area contributed by atoms with Crippen molar-refractivity contribution in [1.82, 2.24) is 30.2 Å². The summed E-state index contributed by atoms with van der Waals surface area (Å²) in [4.78, 5) is 4.82. The third-order valence-corrected chi connectivity index (χ3v) is 5.78. The van der Waals surface area contributed by atoms with E-state index in [1.807, 2.05) is 17.7 Å². The molecule has 1 aliphatic rings. The molecule has 0 aliphatic heterocycles. The number of nitrogens with zero attached hydrogens (tertiary/aromatic N) is 5. The van der Waals surface area contributed by atoms with E-state index in [9.17, 15) is 0 Å². The van der Waals surface area contributed by atoms with Crippen LogP contribution in [0.4, 0.5) is 0 Å². The van der Waals surface area contributed by atoms with Crippen LogP contribution in [0.1, 0.15) is 61.3 Å². The van der Waals surface area contributed by atoms with Gasteiger partial charge < -0.3 is 10.6 Å². The largest absolute Gasteiger partial charge is 0.357 e. The molecule has 3 aromatic rings. The van der Waals surface area contributed by atoms with E-state index in [1.54, 1.807) is 0 Å². The lowest BCUT2D eigenvalue weighted by atomic mass is 10.2. The van der Waals surface area contributed by atoms with E-state index in [-0.39, 0.29) is 0 Å². The highest BCUT2D eigenvalue weighted by molar-refractivity contribution is 5.79. The van der Waals surface area contributed by atoms with Crippen LogP contribution in [0.25, 0.3) is 5.69 Å². The lowest BCUT2D eigenvalue weighted by Crippen LogP contribution is -2.37. The summed E-state index contributed by atoms with van der Waals surface area (Å²) in [5.74, 6) is 0.793. The van der Waals surface area contributed by atoms with E-state index in [0.717, 1.165) is 40.8 Å². The first kappa shape index (κ1) is 21.2. The summed E-state index contributed by atoms with van der Waals surface area (Å²) in [5, 5.41) is 16.2. The van der Waals surface area contributed by atoms with Crippen LogP contribution in [0.15, 0.2) is 47.6 Å². The third-order valence-electron chi connectivity index (χ3n) is 5.78. The summed E-state index contributed by atoms with van der Waals surface area (Å²) in [6, 6.07) is 13.1. The van der Waals surface area contributed by atoms with Crippen molar-refractivity contribution in [2.24, 2.45) is 4.99 Å². The first-order valence-corrected chi connectivity index (χ1v) is 11.3. The number of hydrogen-bond donors (Lipinski definition) is 2. The highest BCUT2D eigenvalue weighted by Crippen LogP contribution is 2.28. The fourth-order valence-electron chi connectivity index (χ4n) is 4.25. The minimum Gasteiger partial charge on any atom is -0.357 e. The Kier molecular flexibility index (Phi) is 6.70. The van der Waals surface area contributed by atoms with Gasteiger partial charge in [0.05, 0.1) is 36.2 Å². The number of nitrogens with one attached hydrogen (secondary N) is 2. The van der Waals surface area contributed by atoms with Gasteiger partial charge in [-0.25, -0.2) is 9.67 Å². The van der Waals surface area contributed by atoms with Gasteiger partial charge in [0.25, 0.3) is 0 Å². The Hall–Kier alpha value is -3.09. The fraction of sp³-hybridized carbons (Fsp3) is 0.458. The van der Waals surface area contributed by atoms with Gasteiger partial charge in [0, 0.05) is 18.4 Å². The van der Waals surface area contributed by atoms with E-state index in [4.69, 9.17) is 10.1 Å². The maximum Gasteiger partial charge on any atom is 0.191 e. The minimum atomic E-state index is 0.570. The topological polar surface area (TPSA) is 72.1 Å². The summed E-state index contributed by atoms with van der Waals surface area (Å²) in [6.07, 6.45) is 7.23. The Morgan fingerprint density at radius 2 is 1.90 bits per heavy atom. The van der Waals surface area contributed by atoms with Crippen molar-refractivity contribution in [3.63, 3.8) is 0 Å². The monoisotopic (exact) mass is 419 g/mol. The van der Waals surface area contributed by atoms with Crippen molar-refractivity contribution in [3.8, 4) is 5.69 Å². The van der Waals surface area contributed by atoms with Crippen LogP contribution in [0.3, 0.4) is 0 Å². The Labute approximate surface area is 184 Å². The summed E-state index contributed by atoms with van der Waals surface area (Å²) >= 11 is 0. The normalized spacial score (nSPS) is 14.9. The van der Waals surface area contributed by atoms with Crippen molar-refractivity contribution in [2.75, 3.05) is 6.54 Å². The number of aryl methyl sites for hydroxylation is 2. The number of para-hydroxylation sites is 1. The second-order valence-corrected chi connectivity index (χ2v) is 8.24. The predicted octanol–water partition coefficient (Wildman–Crippen LogP) is 4.06. The van der Waals surface area contributed by atoms with Gasteiger partial charge in [-0.15, -0.1) is 0 Å². The molecule has 2 aromatic heterocycles. The number of benzene rings is 1. The standard InChI is InChI=1S/C24H33N7/c1-4-25-24(27-17-21-13-14-30(29-21)22-10-6-7-11-22)26-16-20-9-5-8-12-23(20)31-19(3)15-18(2)28-31/h5,8-9,12-15,22H,4,6-7,10-11,16-17H2,1-3H3,(H2,25,26,27). The van der Waals surface area contributed by atoms with Crippen LogP contribution in [-0.4, -0.2) is 32.1 Å². The maximum atomic E-state index is 4.82. The molecule has 0 amide bonds. The van der Waals surface area contributed by atoms with E-state index < -0.39 is 0 Å². The third kappa shape index (κ3) is 5.16. The highest BCUT2D eigenvalue weighted by atomic mass is 15.3. The summed E-state index contributed by atoms with van der Waals surface area (Å²) < 4.78 is 4.13. The van der Waals surface area contributed by atoms with Crippen molar-refractivity contribution in [1.29, 1.82) is 0 Å². The van der Waals surface area contributed by atoms with E-state index in [1.165, 1.54) is 25.7 Å². The zero-order valence-electron chi connectivity index (χ0n) is 18.8. The van der Waals surface area contributed by atoms with Crippen molar-refractivity contribution in [2.45, 2.75) is 65.6 Å². The van der Waals surface area contributed by atoms with Crippen LogP contribution >= 0.6 is 0 Å². The Bertz CT molecular complexity index is 1020. The number of aliphatic imine (C=N–C) groups is 1. The SMILES string of the molecule is CCNC(=NCc1ccccc1-n1nc(C)cc1C)NCc1ccn(C2CCCC2)n1. The molecule has 164 valence electrons. The van der Waals surface area contributed by atoms with Gasteiger partial charge in [0.15, 0.2) is 5.96 Å². The van der Waals surface area contributed by atoms with E-state index in [0.29, 0.717) is 19.1 Å². The lowest BCUT2D eigenvalue weighted by Gasteiger charge is -2.13. The van der Waals surface area contributed by atoms with Crippen molar-refractivity contribution in [3.05, 3.63) is 65.2 Å². The van der Waals surface area contributed by atoms with Gasteiger partial charge >= 0.3 is 0 Å². The molecule has 0 radical (unpaired) electrons. The highest BCUT2D eigenvalue weighted by Gasteiger charge is 2.17. The minimum absolute atomic E-state index is 0.570. The summed E-state index contributed by atoms with van der Waals surface area (Å²) in [7, 11) is 0. The molecular weight excluding hydrogens is 386 g/mol. The first-order valence-electron chi connectivity index (χ1n) is 11.3. The Balaban J connectivity index is 1.44. The molecule has 0 unspecified atom stereocenters. The second kappa shape index (κ2) is 9.81. The van der Waals surface area contributed by atoms with Gasteiger partial charge in [-0.2, -0.15) is 10.2 Å². The quantitative estimate of drug-likeness (QED) is 0.448. The van der Waals surface area contributed by atoms with Crippen molar-refractivity contribution >= 4 is 5.96 Å². The molecule has 2 N–H and O–H groups in total. The molecule has 31 heavy (non-hydrogen) atoms. The number of rotatable bonds is 7. The van der Waals surface area contributed by atoms with Crippen LogP contribution in [-0.2, 0) is 13.1 Å². The lowest BCUT2D eigenvalue weighted by molar-refractivity contribution is 0.462. The average molecular weight is 420 g/mol. The summed E-state index contributed by atoms with van der Waals surface area (Å²) in [5.41, 5.74) is 5.39. The zero-order chi connectivity index (χ0) is 21.6. The molecule has 0 atom stereocenters. The van der Waals surface area contributed by atoms with Crippen LogP contribution in [0.5, 0.6) is 0 Å². The van der Waals surface area contributed by atoms with Crippen LogP contribution in [0, 0.1) is 13.8 Å². The van der Waals surface area contributed by atoms with Crippen LogP contribution < -0.4 is 10.6 Å². The molecule has 1 aromatic carbocycles. The average Bonchev–Trinajstić information content (AvgIpc) is 3.51. The molecule has 1 saturated carbocycles. The van der Waals surface area contributed by atoms with Gasteiger partial charge in [-0.05, 0) is 57.4 Å². The maximum absolute atomic E-state index is 4.82. The van der Waals surface area contributed by atoms with Gasteiger partial charge in [-0.1, -0.05) is 31.0 Å². The van der Waals surface area contributed by atoms with Gasteiger partial charge in [0.1, 0.15) is 0 Å². The zero-order valence-corrected chi connectivity index (χ0v) is 18.8. The molecule has 1 aliphatic carbocycles. The Morgan fingerprint density at radius 3 is 2.65 bits per heavy atom. The second-order valence-electron chi connectivity index (χ2n) is 8.24. The fourth-order valence-corrected chi connectivity index (χ4v) is 4.25. The summed E-state index contributed by atoms with van der Waals surface area (Å²) in [6.45, 7) is 8.21. The Morgan fingerprint density at radius 1 is 1.10 bits per heavy atom. The van der Waals surface area contributed by atoms with Gasteiger partial charge in [0.2, 0.25) is 0 Å². The van der Waals surface area contributed by atoms with Crippen molar-refractivity contribution < 1.29 is 0 Å². The molecule has 2 heterocycles. The molecule has 0 bridgehead atoms. The molecule has 4 rings (SSSR count).